The Morgan fingerprint density at radius 2 is 1.76 bits per heavy atom. The minimum Gasteiger partial charge on any atom is -0.322 e. The molecule has 0 radical (unpaired) electrons. The molecule has 1 nitrogen and oxygen atoms in total. The van der Waals surface area contributed by atoms with Crippen LogP contribution in [0, 0.1) is 6.92 Å². The van der Waals surface area contributed by atoms with Crippen LogP contribution in [0.15, 0.2) is 24.8 Å². The smallest absolute Gasteiger partial charge is 0.0348 e. The molecule has 0 aliphatic carbocycles. The maximum absolute atomic E-state index is 6.18. The van der Waals surface area contributed by atoms with Crippen molar-refractivity contribution in [2.45, 2.75) is 52.5 Å². The standard InChI is InChI=1S/C16H25N/c1-6-13-10-15(11-16(5,17)8-3)14(7-2)9-12(13)4/h8-10H,3,6-7,11,17H2,1-2,4-5H3. The molecule has 1 heteroatoms. The zero-order valence-electron chi connectivity index (χ0n) is 11.6. The van der Waals surface area contributed by atoms with E-state index in [0.717, 1.165) is 19.3 Å². The van der Waals surface area contributed by atoms with E-state index in [2.05, 4.69) is 39.5 Å². The summed E-state index contributed by atoms with van der Waals surface area (Å²) < 4.78 is 0. The van der Waals surface area contributed by atoms with Gasteiger partial charge in [-0.15, -0.1) is 6.58 Å². The molecule has 1 aromatic carbocycles. The van der Waals surface area contributed by atoms with Gasteiger partial charge in [0.25, 0.3) is 0 Å². The van der Waals surface area contributed by atoms with Gasteiger partial charge in [-0.25, -0.2) is 0 Å². The molecule has 0 saturated carbocycles. The maximum Gasteiger partial charge on any atom is 0.0348 e. The summed E-state index contributed by atoms with van der Waals surface area (Å²) in [6.45, 7) is 12.4. The van der Waals surface area contributed by atoms with Crippen molar-refractivity contribution in [2.75, 3.05) is 0 Å². The number of benzene rings is 1. The molecule has 0 aliphatic heterocycles. The molecule has 0 aromatic heterocycles. The number of hydrogen-bond donors (Lipinski definition) is 1. The third-order valence-electron chi connectivity index (χ3n) is 3.46. The van der Waals surface area contributed by atoms with Crippen LogP contribution in [0.2, 0.25) is 0 Å². The van der Waals surface area contributed by atoms with Crippen molar-refractivity contribution in [1.82, 2.24) is 0 Å². The molecular formula is C16H25N. The van der Waals surface area contributed by atoms with Gasteiger partial charge < -0.3 is 5.73 Å². The molecule has 1 rings (SSSR count). The van der Waals surface area contributed by atoms with E-state index < -0.39 is 0 Å². The van der Waals surface area contributed by atoms with Crippen LogP contribution in [-0.4, -0.2) is 5.54 Å². The summed E-state index contributed by atoms with van der Waals surface area (Å²) in [6.07, 6.45) is 4.86. The van der Waals surface area contributed by atoms with E-state index in [1.165, 1.54) is 22.3 Å². The summed E-state index contributed by atoms with van der Waals surface area (Å²) in [6, 6.07) is 4.64. The second-order valence-electron chi connectivity index (χ2n) is 5.14. The highest BCUT2D eigenvalue weighted by molar-refractivity contribution is 5.39. The zero-order chi connectivity index (χ0) is 13.1. The molecule has 2 N–H and O–H groups in total. The van der Waals surface area contributed by atoms with Crippen molar-refractivity contribution >= 4 is 0 Å². The van der Waals surface area contributed by atoms with Crippen molar-refractivity contribution in [3.05, 3.63) is 47.0 Å². The second kappa shape index (κ2) is 5.50. The summed E-state index contributed by atoms with van der Waals surface area (Å²) >= 11 is 0. The first kappa shape index (κ1) is 14.0. The van der Waals surface area contributed by atoms with Gasteiger partial charge in [-0.1, -0.05) is 32.1 Å². The van der Waals surface area contributed by atoms with Crippen molar-refractivity contribution in [3.63, 3.8) is 0 Å². The Morgan fingerprint density at radius 3 is 2.24 bits per heavy atom. The number of nitrogens with two attached hydrogens (primary N) is 1. The van der Waals surface area contributed by atoms with Crippen LogP contribution in [0.4, 0.5) is 0 Å². The van der Waals surface area contributed by atoms with E-state index in [0.29, 0.717) is 0 Å². The van der Waals surface area contributed by atoms with Gasteiger partial charge in [0.15, 0.2) is 0 Å². The predicted molar refractivity (Wildman–Crippen MR) is 76.4 cm³/mol. The van der Waals surface area contributed by atoms with Crippen molar-refractivity contribution in [1.29, 1.82) is 0 Å². The van der Waals surface area contributed by atoms with Crippen LogP contribution in [0.3, 0.4) is 0 Å². The highest BCUT2D eigenvalue weighted by Crippen LogP contribution is 2.22. The fraction of sp³-hybridized carbons (Fsp3) is 0.500. The molecule has 94 valence electrons. The first-order valence-electron chi connectivity index (χ1n) is 6.47. The third-order valence-corrected chi connectivity index (χ3v) is 3.46. The third kappa shape index (κ3) is 3.44. The molecule has 0 spiro atoms. The van der Waals surface area contributed by atoms with Crippen LogP contribution in [0.25, 0.3) is 0 Å². The van der Waals surface area contributed by atoms with Gasteiger partial charge in [0, 0.05) is 5.54 Å². The minimum absolute atomic E-state index is 0.315. The van der Waals surface area contributed by atoms with Crippen molar-refractivity contribution in [2.24, 2.45) is 5.73 Å². The van der Waals surface area contributed by atoms with E-state index in [4.69, 9.17) is 5.73 Å². The highest BCUT2D eigenvalue weighted by Gasteiger charge is 2.17. The van der Waals surface area contributed by atoms with Crippen molar-refractivity contribution in [3.8, 4) is 0 Å². The van der Waals surface area contributed by atoms with Gasteiger partial charge in [0.1, 0.15) is 0 Å². The number of hydrogen-bond acceptors (Lipinski definition) is 1. The Labute approximate surface area is 106 Å². The zero-order valence-corrected chi connectivity index (χ0v) is 11.6. The Balaban J connectivity index is 3.17. The largest absolute Gasteiger partial charge is 0.322 e. The van der Waals surface area contributed by atoms with Gasteiger partial charge in [-0.2, -0.15) is 0 Å². The first-order chi connectivity index (χ1) is 7.93. The van der Waals surface area contributed by atoms with Crippen molar-refractivity contribution < 1.29 is 0 Å². The van der Waals surface area contributed by atoms with E-state index in [9.17, 15) is 0 Å². The van der Waals surface area contributed by atoms with E-state index >= 15 is 0 Å². The molecule has 0 bridgehead atoms. The molecular weight excluding hydrogens is 206 g/mol. The average Bonchev–Trinajstić information content (AvgIpc) is 2.30. The molecule has 1 aromatic rings. The topological polar surface area (TPSA) is 26.0 Å². The lowest BCUT2D eigenvalue weighted by Crippen LogP contribution is -2.36. The number of rotatable bonds is 5. The molecule has 17 heavy (non-hydrogen) atoms. The van der Waals surface area contributed by atoms with Crippen LogP contribution >= 0.6 is 0 Å². The van der Waals surface area contributed by atoms with Crippen LogP contribution < -0.4 is 5.73 Å². The van der Waals surface area contributed by atoms with E-state index in [-0.39, 0.29) is 5.54 Å². The minimum atomic E-state index is -0.315. The maximum atomic E-state index is 6.18. The average molecular weight is 231 g/mol. The lowest BCUT2D eigenvalue weighted by atomic mass is 9.87. The molecule has 0 amide bonds. The molecule has 1 atom stereocenters. The van der Waals surface area contributed by atoms with Crippen LogP contribution in [0.1, 0.15) is 43.0 Å². The molecule has 0 saturated heterocycles. The SMILES string of the molecule is C=CC(C)(N)Cc1cc(CC)c(C)cc1CC. The first-order valence-corrected chi connectivity index (χ1v) is 6.47. The van der Waals surface area contributed by atoms with Crippen LogP contribution in [-0.2, 0) is 19.3 Å². The van der Waals surface area contributed by atoms with Crippen LogP contribution in [0.5, 0.6) is 0 Å². The lowest BCUT2D eigenvalue weighted by molar-refractivity contribution is 0.580. The summed E-state index contributed by atoms with van der Waals surface area (Å²) in [7, 11) is 0. The highest BCUT2D eigenvalue weighted by atomic mass is 14.7. The fourth-order valence-corrected chi connectivity index (χ4v) is 2.22. The molecule has 0 aliphatic rings. The fourth-order valence-electron chi connectivity index (χ4n) is 2.22. The summed E-state index contributed by atoms with van der Waals surface area (Å²) in [4.78, 5) is 0. The van der Waals surface area contributed by atoms with E-state index in [1.807, 2.05) is 13.0 Å². The van der Waals surface area contributed by atoms with Gasteiger partial charge >= 0.3 is 0 Å². The second-order valence-corrected chi connectivity index (χ2v) is 5.14. The Kier molecular flexibility index (Phi) is 4.53. The Bertz CT molecular complexity index is 402. The Morgan fingerprint density at radius 1 is 1.18 bits per heavy atom. The van der Waals surface area contributed by atoms with Gasteiger partial charge in [0.05, 0.1) is 0 Å². The summed E-state index contributed by atoms with van der Waals surface area (Å²) in [5.41, 5.74) is 11.5. The summed E-state index contributed by atoms with van der Waals surface area (Å²) in [5, 5.41) is 0. The molecule has 1 unspecified atom stereocenters. The van der Waals surface area contributed by atoms with E-state index in [1.54, 1.807) is 0 Å². The van der Waals surface area contributed by atoms with Gasteiger partial charge in [-0.3, -0.25) is 0 Å². The summed E-state index contributed by atoms with van der Waals surface area (Å²) in [5.74, 6) is 0. The quantitative estimate of drug-likeness (QED) is 0.770. The molecule has 0 fully saturated rings. The lowest BCUT2D eigenvalue weighted by Gasteiger charge is -2.23. The van der Waals surface area contributed by atoms with Gasteiger partial charge in [-0.05, 0) is 55.4 Å². The molecule has 0 heterocycles. The predicted octanol–water partition coefficient (Wildman–Crippen LogP) is 3.57. The monoisotopic (exact) mass is 231 g/mol. The Hall–Kier alpha value is -1.08. The number of aryl methyl sites for hydroxylation is 3. The normalized spacial score (nSPS) is 14.4. The van der Waals surface area contributed by atoms with Gasteiger partial charge in [0.2, 0.25) is 0 Å².